The predicted octanol–water partition coefficient (Wildman–Crippen LogP) is 0.827. The molecule has 15 heavy (non-hydrogen) atoms. The Labute approximate surface area is 87.1 Å². The normalized spacial score (nSPS) is 10.8. The number of nitrogen functional groups attached to an aromatic ring is 1. The van der Waals surface area contributed by atoms with Gasteiger partial charge in [-0.3, -0.25) is 0 Å². The molecule has 0 amide bonds. The van der Waals surface area contributed by atoms with E-state index in [1.54, 1.807) is 6.33 Å². The van der Waals surface area contributed by atoms with Crippen LogP contribution < -0.4 is 10.5 Å². The van der Waals surface area contributed by atoms with Gasteiger partial charge in [-0.05, 0) is 6.42 Å². The van der Waals surface area contributed by atoms with Gasteiger partial charge in [0.1, 0.15) is 5.52 Å². The van der Waals surface area contributed by atoms with Crippen molar-refractivity contribution in [3.05, 3.63) is 6.33 Å². The molecule has 2 aromatic heterocycles. The summed E-state index contributed by atoms with van der Waals surface area (Å²) in [4.78, 5) is 12.4. The van der Waals surface area contributed by atoms with E-state index in [2.05, 4.69) is 21.9 Å². The first-order chi connectivity index (χ1) is 7.26. The lowest BCUT2D eigenvalue weighted by Gasteiger charge is -2.03. The van der Waals surface area contributed by atoms with Crippen LogP contribution in [-0.2, 0) is 6.54 Å². The first-order valence-electron chi connectivity index (χ1n) is 4.78. The lowest BCUT2D eigenvalue weighted by Crippen LogP contribution is -2.01. The van der Waals surface area contributed by atoms with Gasteiger partial charge < -0.3 is 15.0 Å². The van der Waals surface area contributed by atoms with Crippen LogP contribution in [-0.4, -0.2) is 26.6 Å². The molecule has 0 bridgehead atoms. The number of imidazole rings is 1. The summed E-state index contributed by atoms with van der Waals surface area (Å²) >= 11 is 0. The van der Waals surface area contributed by atoms with E-state index in [1.807, 2.05) is 4.57 Å². The van der Waals surface area contributed by atoms with Gasteiger partial charge in [-0.25, -0.2) is 4.98 Å². The SMILES string of the molecule is CCCn1cnc2c(N)nc(OC)nc21. The molecule has 0 aromatic carbocycles. The van der Waals surface area contributed by atoms with Gasteiger partial charge in [0.2, 0.25) is 0 Å². The fraction of sp³-hybridized carbons (Fsp3) is 0.444. The second kappa shape index (κ2) is 3.72. The minimum atomic E-state index is 0.276. The van der Waals surface area contributed by atoms with Crippen LogP contribution in [0.15, 0.2) is 6.33 Å². The van der Waals surface area contributed by atoms with E-state index < -0.39 is 0 Å². The Morgan fingerprint density at radius 3 is 2.93 bits per heavy atom. The molecule has 0 aliphatic carbocycles. The monoisotopic (exact) mass is 207 g/mol. The fourth-order valence-corrected chi connectivity index (χ4v) is 1.44. The number of rotatable bonds is 3. The molecule has 6 heteroatoms. The van der Waals surface area contributed by atoms with E-state index in [1.165, 1.54) is 7.11 Å². The summed E-state index contributed by atoms with van der Waals surface area (Å²) in [5.74, 6) is 0.353. The molecule has 0 radical (unpaired) electrons. The molecule has 0 spiro atoms. The third-order valence-electron chi connectivity index (χ3n) is 2.12. The average molecular weight is 207 g/mol. The number of aryl methyl sites for hydroxylation is 1. The van der Waals surface area contributed by atoms with Crippen LogP contribution in [0.4, 0.5) is 5.82 Å². The zero-order valence-corrected chi connectivity index (χ0v) is 8.77. The lowest BCUT2D eigenvalue weighted by atomic mass is 10.4. The van der Waals surface area contributed by atoms with Crippen molar-refractivity contribution in [2.75, 3.05) is 12.8 Å². The smallest absolute Gasteiger partial charge is 0.320 e. The Morgan fingerprint density at radius 2 is 2.27 bits per heavy atom. The van der Waals surface area contributed by atoms with Crippen molar-refractivity contribution < 1.29 is 4.74 Å². The molecule has 2 heterocycles. The Hall–Kier alpha value is -1.85. The second-order valence-corrected chi connectivity index (χ2v) is 3.21. The second-order valence-electron chi connectivity index (χ2n) is 3.21. The molecular weight excluding hydrogens is 194 g/mol. The summed E-state index contributed by atoms with van der Waals surface area (Å²) in [6.07, 6.45) is 2.73. The Balaban J connectivity index is 2.61. The summed E-state index contributed by atoms with van der Waals surface area (Å²) in [5.41, 5.74) is 7.09. The first-order valence-corrected chi connectivity index (χ1v) is 4.78. The number of fused-ring (bicyclic) bond motifs is 1. The minimum Gasteiger partial charge on any atom is -0.467 e. The van der Waals surface area contributed by atoms with Crippen LogP contribution in [0.5, 0.6) is 6.01 Å². The van der Waals surface area contributed by atoms with Gasteiger partial charge in [-0.2, -0.15) is 9.97 Å². The number of anilines is 1. The zero-order valence-electron chi connectivity index (χ0n) is 8.77. The fourth-order valence-electron chi connectivity index (χ4n) is 1.44. The molecule has 0 atom stereocenters. The van der Waals surface area contributed by atoms with Gasteiger partial charge in [-0.15, -0.1) is 0 Å². The molecule has 80 valence electrons. The van der Waals surface area contributed by atoms with Crippen LogP contribution in [0.25, 0.3) is 11.2 Å². The largest absolute Gasteiger partial charge is 0.467 e. The zero-order chi connectivity index (χ0) is 10.8. The number of nitrogens with zero attached hydrogens (tertiary/aromatic N) is 4. The maximum absolute atomic E-state index is 5.74. The van der Waals surface area contributed by atoms with E-state index in [9.17, 15) is 0 Å². The van der Waals surface area contributed by atoms with E-state index in [0.717, 1.165) is 18.6 Å². The van der Waals surface area contributed by atoms with Crippen LogP contribution >= 0.6 is 0 Å². The highest BCUT2D eigenvalue weighted by Gasteiger charge is 2.10. The topological polar surface area (TPSA) is 78.9 Å². The van der Waals surface area contributed by atoms with E-state index in [4.69, 9.17) is 10.5 Å². The molecule has 0 aliphatic rings. The quantitative estimate of drug-likeness (QED) is 0.806. The number of hydrogen-bond acceptors (Lipinski definition) is 5. The maximum atomic E-state index is 5.74. The Bertz CT molecular complexity index is 479. The molecule has 2 aromatic rings. The molecule has 6 nitrogen and oxygen atoms in total. The maximum Gasteiger partial charge on any atom is 0.320 e. The molecule has 2 rings (SSSR count). The number of ether oxygens (including phenoxy) is 1. The van der Waals surface area contributed by atoms with Crippen molar-refractivity contribution in [2.24, 2.45) is 0 Å². The number of aromatic nitrogens is 4. The van der Waals surface area contributed by atoms with Crippen LogP contribution in [0, 0.1) is 0 Å². The average Bonchev–Trinajstić information content (AvgIpc) is 2.63. The van der Waals surface area contributed by atoms with Crippen molar-refractivity contribution in [1.29, 1.82) is 0 Å². The summed E-state index contributed by atoms with van der Waals surface area (Å²) in [6, 6.07) is 0.276. The van der Waals surface area contributed by atoms with Gasteiger partial charge in [-0.1, -0.05) is 6.92 Å². The third kappa shape index (κ3) is 1.58. The highest BCUT2D eigenvalue weighted by atomic mass is 16.5. The van der Waals surface area contributed by atoms with Gasteiger partial charge in [0.25, 0.3) is 0 Å². The number of nitrogens with two attached hydrogens (primary N) is 1. The van der Waals surface area contributed by atoms with Crippen molar-refractivity contribution in [1.82, 2.24) is 19.5 Å². The van der Waals surface area contributed by atoms with Gasteiger partial charge in [0, 0.05) is 6.54 Å². The highest BCUT2D eigenvalue weighted by Crippen LogP contribution is 2.18. The van der Waals surface area contributed by atoms with E-state index >= 15 is 0 Å². The van der Waals surface area contributed by atoms with E-state index in [0.29, 0.717) is 11.3 Å². The molecule has 0 fully saturated rings. The molecule has 0 saturated carbocycles. The first kappa shape index (κ1) is 9.70. The third-order valence-corrected chi connectivity index (χ3v) is 2.12. The van der Waals surface area contributed by atoms with Crippen molar-refractivity contribution >= 4 is 17.0 Å². The summed E-state index contributed by atoms with van der Waals surface area (Å²) in [6.45, 7) is 2.95. The number of methoxy groups -OCH3 is 1. The van der Waals surface area contributed by atoms with Crippen LogP contribution in [0.3, 0.4) is 0 Å². The molecular formula is C9H13N5O. The number of hydrogen-bond donors (Lipinski definition) is 1. The van der Waals surface area contributed by atoms with Crippen molar-refractivity contribution in [3.8, 4) is 6.01 Å². The summed E-state index contributed by atoms with van der Waals surface area (Å²) in [5, 5.41) is 0. The van der Waals surface area contributed by atoms with Crippen molar-refractivity contribution in [2.45, 2.75) is 19.9 Å². The molecule has 2 N–H and O–H groups in total. The summed E-state index contributed by atoms with van der Waals surface area (Å²) in [7, 11) is 1.52. The Morgan fingerprint density at radius 1 is 1.47 bits per heavy atom. The summed E-state index contributed by atoms with van der Waals surface area (Å²) < 4.78 is 6.90. The predicted molar refractivity (Wildman–Crippen MR) is 56.6 cm³/mol. The van der Waals surface area contributed by atoms with Gasteiger partial charge >= 0.3 is 6.01 Å². The standard InChI is InChI=1S/C9H13N5O/c1-3-4-14-5-11-6-7(10)12-9(15-2)13-8(6)14/h5H,3-4H2,1-2H3,(H2,10,12,13). The molecule has 0 unspecified atom stereocenters. The van der Waals surface area contributed by atoms with Crippen LogP contribution in [0.1, 0.15) is 13.3 Å². The Kier molecular flexibility index (Phi) is 2.40. The highest BCUT2D eigenvalue weighted by molar-refractivity contribution is 5.81. The van der Waals surface area contributed by atoms with Gasteiger partial charge in [0.15, 0.2) is 11.5 Å². The lowest BCUT2D eigenvalue weighted by molar-refractivity contribution is 0.382. The minimum absolute atomic E-state index is 0.276. The van der Waals surface area contributed by atoms with Crippen LogP contribution in [0.2, 0.25) is 0 Å². The van der Waals surface area contributed by atoms with Crippen molar-refractivity contribution in [3.63, 3.8) is 0 Å². The van der Waals surface area contributed by atoms with E-state index in [-0.39, 0.29) is 6.01 Å². The molecule has 0 saturated heterocycles. The molecule has 0 aliphatic heterocycles. The van der Waals surface area contributed by atoms with Gasteiger partial charge in [0.05, 0.1) is 13.4 Å².